The summed E-state index contributed by atoms with van der Waals surface area (Å²) in [4.78, 5) is 12.4. The number of carbonyl (C=O) groups is 1. The van der Waals surface area contributed by atoms with Gasteiger partial charge in [0.2, 0.25) is 0 Å². The summed E-state index contributed by atoms with van der Waals surface area (Å²) in [6.07, 6.45) is 2.25. The van der Waals surface area contributed by atoms with E-state index < -0.39 is 0 Å². The maximum Gasteiger partial charge on any atom is 0.323 e. The summed E-state index contributed by atoms with van der Waals surface area (Å²) in [5, 5.41) is 18.9. The number of rotatable bonds is 6. The maximum atomic E-state index is 12.4. The minimum Gasteiger partial charge on any atom is -0.496 e. The highest BCUT2D eigenvalue weighted by Gasteiger charge is 2.15. The van der Waals surface area contributed by atoms with E-state index in [4.69, 9.17) is 9.84 Å². The van der Waals surface area contributed by atoms with Crippen LogP contribution in [0.15, 0.2) is 53.1 Å². The number of benzene rings is 2. The third-order valence-corrected chi connectivity index (χ3v) is 4.77. The first kappa shape index (κ1) is 19.9. The topological polar surface area (TPSA) is 88.4 Å². The number of nitrogens with one attached hydrogen (secondary N) is 2. The van der Waals surface area contributed by atoms with Crippen molar-refractivity contribution in [1.29, 1.82) is 0 Å². The first-order chi connectivity index (χ1) is 13.5. The molecule has 146 valence electrons. The Hall–Kier alpha value is -2.84. The molecule has 8 heteroatoms. The predicted octanol–water partition coefficient (Wildman–Crippen LogP) is 4.04. The van der Waals surface area contributed by atoms with Crippen molar-refractivity contribution in [3.8, 4) is 17.0 Å². The van der Waals surface area contributed by atoms with Gasteiger partial charge in [-0.25, -0.2) is 4.79 Å². The molecule has 0 spiro atoms. The van der Waals surface area contributed by atoms with Gasteiger partial charge < -0.3 is 20.5 Å². The van der Waals surface area contributed by atoms with Crippen molar-refractivity contribution in [2.75, 3.05) is 24.4 Å². The first-order valence-corrected chi connectivity index (χ1v) is 9.45. The number of aromatic nitrogens is 2. The summed E-state index contributed by atoms with van der Waals surface area (Å²) in [6.45, 7) is 0.0633. The van der Waals surface area contributed by atoms with Gasteiger partial charge in [0.15, 0.2) is 0 Å². The van der Waals surface area contributed by atoms with Crippen molar-refractivity contribution < 1.29 is 14.6 Å². The van der Waals surface area contributed by atoms with Crippen molar-refractivity contribution >= 4 is 33.3 Å². The van der Waals surface area contributed by atoms with Crippen molar-refractivity contribution in [2.24, 2.45) is 7.05 Å². The summed E-state index contributed by atoms with van der Waals surface area (Å²) in [6, 6.07) is 12.4. The van der Waals surface area contributed by atoms with Crippen LogP contribution >= 0.6 is 15.9 Å². The summed E-state index contributed by atoms with van der Waals surface area (Å²) in [5.41, 5.74) is 3.88. The molecule has 0 unspecified atom stereocenters. The number of hydrogen-bond acceptors (Lipinski definition) is 4. The molecule has 0 saturated heterocycles. The molecule has 2 aromatic carbocycles. The van der Waals surface area contributed by atoms with Crippen LogP contribution in [0.5, 0.6) is 5.75 Å². The van der Waals surface area contributed by atoms with Crippen LogP contribution in [-0.2, 0) is 13.5 Å². The van der Waals surface area contributed by atoms with Crippen LogP contribution < -0.4 is 15.4 Å². The molecule has 0 saturated carbocycles. The number of urea groups is 1. The molecule has 28 heavy (non-hydrogen) atoms. The van der Waals surface area contributed by atoms with Crippen molar-refractivity contribution in [3.63, 3.8) is 0 Å². The number of amides is 2. The second-order valence-electron chi connectivity index (χ2n) is 6.13. The van der Waals surface area contributed by atoms with Gasteiger partial charge >= 0.3 is 6.03 Å². The molecule has 0 fully saturated rings. The molecule has 1 aromatic heterocycles. The zero-order chi connectivity index (χ0) is 20.1. The third kappa shape index (κ3) is 4.52. The predicted molar refractivity (Wildman–Crippen MR) is 113 cm³/mol. The van der Waals surface area contributed by atoms with Crippen LogP contribution in [-0.4, -0.2) is 34.6 Å². The van der Waals surface area contributed by atoms with Crippen molar-refractivity contribution in [1.82, 2.24) is 9.78 Å². The molecule has 0 radical (unpaired) electrons. The zero-order valence-electron chi connectivity index (χ0n) is 15.6. The van der Waals surface area contributed by atoms with E-state index in [2.05, 4.69) is 31.7 Å². The third-order valence-electron chi connectivity index (χ3n) is 4.19. The molecular weight excluding hydrogens is 424 g/mol. The quantitative estimate of drug-likeness (QED) is 0.535. The van der Waals surface area contributed by atoms with E-state index in [-0.39, 0.29) is 12.6 Å². The average molecular weight is 445 g/mol. The second kappa shape index (κ2) is 8.90. The summed E-state index contributed by atoms with van der Waals surface area (Å²) in [7, 11) is 3.44. The highest BCUT2D eigenvalue weighted by atomic mass is 79.9. The van der Waals surface area contributed by atoms with Gasteiger partial charge in [-0.1, -0.05) is 12.1 Å². The molecule has 3 aromatic rings. The van der Waals surface area contributed by atoms with Crippen molar-refractivity contribution in [2.45, 2.75) is 6.42 Å². The SMILES string of the molecule is COc1ccc(NC(=O)Nc2cccc(CCO)c2)cc1-c1c(Br)cnn1C. The number of methoxy groups -OCH3 is 1. The van der Waals surface area contributed by atoms with Gasteiger partial charge in [0.1, 0.15) is 5.75 Å². The van der Waals surface area contributed by atoms with E-state index in [9.17, 15) is 4.79 Å². The van der Waals surface area contributed by atoms with E-state index >= 15 is 0 Å². The van der Waals surface area contributed by atoms with Gasteiger partial charge in [0, 0.05) is 30.6 Å². The molecule has 2 amide bonds. The molecule has 0 bridgehead atoms. The minimum absolute atomic E-state index is 0.0633. The van der Waals surface area contributed by atoms with E-state index in [1.807, 2.05) is 31.3 Å². The lowest BCUT2D eigenvalue weighted by molar-refractivity contribution is 0.262. The fourth-order valence-corrected chi connectivity index (χ4v) is 3.47. The Bertz CT molecular complexity index is 968. The number of carbonyl (C=O) groups excluding carboxylic acids is 1. The maximum absolute atomic E-state index is 12.4. The van der Waals surface area contributed by atoms with E-state index in [0.717, 1.165) is 21.3 Å². The highest BCUT2D eigenvalue weighted by molar-refractivity contribution is 9.10. The van der Waals surface area contributed by atoms with Crippen LogP contribution in [0.25, 0.3) is 11.3 Å². The molecule has 0 atom stereocenters. The number of nitrogens with zero attached hydrogens (tertiary/aromatic N) is 2. The average Bonchev–Trinajstić information content (AvgIpc) is 3.00. The van der Waals surface area contributed by atoms with Crippen LogP contribution in [0.1, 0.15) is 5.56 Å². The molecule has 0 aliphatic carbocycles. The second-order valence-corrected chi connectivity index (χ2v) is 6.99. The van der Waals surface area contributed by atoms with Crippen LogP contribution in [0, 0.1) is 0 Å². The number of anilines is 2. The molecule has 3 rings (SSSR count). The van der Waals surface area contributed by atoms with Gasteiger partial charge in [-0.15, -0.1) is 0 Å². The standard InChI is InChI=1S/C20H21BrN4O3/c1-25-19(17(21)12-22-25)16-11-15(6-7-18(16)28-2)24-20(27)23-14-5-3-4-13(10-14)8-9-26/h3-7,10-12,26H,8-9H2,1-2H3,(H2,23,24,27). The van der Waals surface area contributed by atoms with Gasteiger partial charge in [0.05, 0.1) is 23.5 Å². The molecule has 1 heterocycles. The zero-order valence-corrected chi connectivity index (χ0v) is 17.2. The number of halogens is 1. The van der Waals surface area contributed by atoms with Crippen LogP contribution in [0.3, 0.4) is 0 Å². The van der Waals surface area contributed by atoms with Gasteiger partial charge in [-0.2, -0.15) is 5.10 Å². The fraction of sp³-hybridized carbons (Fsp3) is 0.200. The molecule has 0 aliphatic rings. The van der Waals surface area contributed by atoms with E-state index in [0.29, 0.717) is 23.5 Å². The normalized spacial score (nSPS) is 10.6. The molecule has 7 nitrogen and oxygen atoms in total. The Morgan fingerprint density at radius 1 is 1.21 bits per heavy atom. The summed E-state index contributed by atoms with van der Waals surface area (Å²) in [5.74, 6) is 0.673. The minimum atomic E-state index is -0.360. The monoisotopic (exact) mass is 444 g/mol. The Balaban J connectivity index is 1.80. The highest BCUT2D eigenvalue weighted by Crippen LogP contribution is 2.36. The lowest BCUT2D eigenvalue weighted by Crippen LogP contribution is -2.19. The first-order valence-electron chi connectivity index (χ1n) is 8.65. The Morgan fingerprint density at radius 2 is 1.96 bits per heavy atom. The Kier molecular flexibility index (Phi) is 6.33. The van der Waals surface area contributed by atoms with Gasteiger partial charge in [-0.3, -0.25) is 4.68 Å². The van der Waals surface area contributed by atoms with Gasteiger partial charge in [0.25, 0.3) is 0 Å². The lowest BCUT2D eigenvalue weighted by Gasteiger charge is -2.13. The molecular formula is C20H21BrN4O3. The smallest absolute Gasteiger partial charge is 0.323 e. The van der Waals surface area contributed by atoms with Crippen LogP contribution in [0.2, 0.25) is 0 Å². The number of aryl methyl sites for hydroxylation is 1. The molecule has 3 N–H and O–H groups in total. The summed E-state index contributed by atoms with van der Waals surface area (Å²) >= 11 is 3.50. The lowest BCUT2D eigenvalue weighted by atomic mass is 10.1. The fourth-order valence-electron chi connectivity index (χ4n) is 2.91. The number of aliphatic hydroxyl groups excluding tert-OH is 1. The Labute approximate surface area is 171 Å². The number of hydrogen-bond donors (Lipinski definition) is 3. The van der Waals surface area contributed by atoms with Crippen LogP contribution in [0.4, 0.5) is 16.2 Å². The van der Waals surface area contributed by atoms with E-state index in [1.54, 1.807) is 36.2 Å². The van der Waals surface area contributed by atoms with Crippen molar-refractivity contribution in [3.05, 3.63) is 58.7 Å². The molecule has 0 aliphatic heterocycles. The largest absolute Gasteiger partial charge is 0.496 e. The Morgan fingerprint density at radius 3 is 2.61 bits per heavy atom. The number of aliphatic hydroxyl groups is 1. The summed E-state index contributed by atoms with van der Waals surface area (Å²) < 4.78 is 8.02. The number of ether oxygens (including phenoxy) is 1. The van der Waals surface area contributed by atoms with Gasteiger partial charge in [-0.05, 0) is 58.2 Å². The van der Waals surface area contributed by atoms with E-state index in [1.165, 1.54) is 0 Å².